The van der Waals surface area contributed by atoms with Gasteiger partial charge in [0.2, 0.25) is 11.8 Å². The lowest BCUT2D eigenvalue weighted by Crippen LogP contribution is -2.51. The van der Waals surface area contributed by atoms with Crippen LogP contribution < -0.4 is 5.73 Å². The maximum absolute atomic E-state index is 12.5. The molecule has 0 spiro atoms. The molecule has 2 aromatic rings. The Labute approximate surface area is 154 Å². The highest BCUT2D eigenvalue weighted by molar-refractivity contribution is 7.99. The van der Waals surface area contributed by atoms with E-state index in [1.807, 2.05) is 12.1 Å². The molecule has 132 valence electrons. The van der Waals surface area contributed by atoms with Crippen LogP contribution >= 0.6 is 23.4 Å². The number of hydrogen-bond acceptors (Lipinski definition) is 5. The Hall–Kier alpha value is -2.06. The van der Waals surface area contributed by atoms with Gasteiger partial charge in [-0.2, -0.15) is 0 Å². The fraction of sp³-hybridized carbons (Fsp3) is 0.375. The summed E-state index contributed by atoms with van der Waals surface area (Å²) in [5.74, 6) is -0.391. The molecule has 0 aliphatic carbocycles. The first-order valence-corrected chi connectivity index (χ1v) is 9.30. The molecule has 1 fully saturated rings. The van der Waals surface area contributed by atoms with Crippen LogP contribution in [0.1, 0.15) is 19.3 Å². The number of nitrogens with two attached hydrogens (primary N) is 1. The van der Waals surface area contributed by atoms with E-state index in [0.717, 1.165) is 18.5 Å². The molecule has 25 heavy (non-hydrogen) atoms. The fourth-order valence-electron chi connectivity index (χ4n) is 2.86. The number of likely N-dealkylation sites (tertiary alicyclic amines) is 1. The minimum Gasteiger partial charge on any atom is -0.368 e. The molecular weight excluding hydrogens is 362 g/mol. The third kappa shape index (κ3) is 4.13. The lowest BCUT2D eigenvalue weighted by atomic mass is 10.0. The van der Waals surface area contributed by atoms with Gasteiger partial charge in [-0.05, 0) is 37.5 Å². The van der Waals surface area contributed by atoms with Gasteiger partial charge in [-0.1, -0.05) is 29.4 Å². The maximum Gasteiger partial charge on any atom is 0.240 e. The number of amides is 2. The quantitative estimate of drug-likeness (QED) is 0.800. The third-order valence-corrected chi connectivity index (χ3v) is 5.24. The van der Waals surface area contributed by atoms with Crippen LogP contribution in [0.2, 0.25) is 5.02 Å². The lowest BCUT2D eigenvalue weighted by molar-refractivity contribution is -0.138. The van der Waals surface area contributed by atoms with Crippen LogP contribution in [0.25, 0.3) is 5.69 Å². The molecule has 1 aromatic carbocycles. The predicted molar refractivity (Wildman–Crippen MR) is 95.6 cm³/mol. The number of benzene rings is 1. The molecule has 7 nitrogen and oxygen atoms in total. The second-order valence-electron chi connectivity index (χ2n) is 5.75. The summed E-state index contributed by atoms with van der Waals surface area (Å²) in [6, 6.07) is 6.79. The number of carbonyl (C=O) groups excluding carboxylic acids is 2. The molecule has 3 rings (SSSR count). The summed E-state index contributed by atoms with van der Waals surface area (Å²) in [7, 11) is 0. The van der Waals surface area contributed by atoms with Gasteiger partial charge >= 0.3 is 0 Å². The van der Waals surface area contributed by atoms with Gasteiger partial charge in [0.1, 0.15) is 12.4 Å². The highest BCUT2D eigenvalue weighted by Crippen LogP contribution is 2.23. The summed E-state index contributed by atoms with van der Waals surface area (Å²) in [6.45, 7) is 0.563. The first-order valence-electron chi connectivity index (χ1n) is 7.94. The zero-order chi connectivity index (χ0) is 17.8. The lowest BCUT2D eigenvalue weighted by Gasteiger charge is -2.33. The van der Waals surface area contributed by atoms with Crippen molar-refractivity contribution in [3.05, 3.63) is 35.6 Å². The first-order chi connectivity index (χ1) is 12.1. The molecule has 0 saturated carbocycles. The van der Waals surface area contributed by atoms with Crippen molar-refractivity contribution < 1.29 is 9.59 Å². The zero-order valence-electron chi connectivity index (χ0n) is 13.5. The maximum atomic E-state index is 12.5. The van der Waals surface area contributed by atoms with Crippen LogP contribution in [0, 0.1) is 0 Å². The van der Waals surface area contributed by atoms with Crippen LogP contribution in [0.5, 0.6) is 0 Å². The summed E-state index contributed by atoms with van der Waals surface area (Å²) in [5, 5.41) is 9.17. The van der Waals surface area contributed by atoms with Crippen molar-refractivity contribution in [1.29, 1.82) is 0 Å². The smallest absolute Gasteiger partial charge is 0.240 e. The highest BCUT2D eigenvalue weighted by atomic mass is 35.5. The Morgan fingerprint density at radius 2 is 2.20 bits per heavy atom. The Balaban J connectivity index is 1.69. The number of halogens is 1. The SMILES string of the molecule is NC(=O)[C@H]1CCCCN1C(=O)CSc1nncn1-c1cccc(Cl)c1. The van der Waals surface area contributed by atoms with Gasteiger partial charge < -0.3 is 10.6 Å². The molecule has 0 bridgehead atoms. The van der Waals surface area contributed by atoms with Crippen LogP contribution in [0.15, 0.2) is 35.7 Å². The summed E-state index contributed by atoms with van der Waals surface area (Å²) in [6.07, 6.45) is 4.00. The number of primary amides is 1. The Morgan fingerprint density at radius 3 is 2.96 bits per heavy atom. The van der Waals surface area contributed by atoms with E-state index < -0.39 is 11.9 Å². The molecule has 0 radical (unpaired) electrons. The molecule has 1 saturated heterocycles. The highest BCUT2D eigenvalue weighted by Gasteiger charge is 2.30. The Kier molecular flexibility index (Phi) is 5.60. The van der Waals surface area contributed by atoms with Gasteiger partial charge in [0, 0.05) is 11.6 Å². The van der Waals surface area contributed by atoms with Crippen LogP contribution in [0.3, 0.4) is 0 Å². The normalized spacial score (nSPS) is 17.5. The monoisotopic (exact) mass is 379 g/mol. The van der Waals surface area contributed by atoms with Gasteiger partial charge in [0.05, 0.1) is 11.4 Å². The first kappa shape index (κ1) is 17.8. The number of rotatable bonds is 5. The predicted octanol–water partition coefficient (Wildman–Crippen LogP) is 1.88. The number of carbonyl (C=O) groups is 2. The summed E-state index contributed by atoms with van der Waals surface area (Å²) in [4.78, 5) is 25.7. The fourth-order valence-corrected chi connectivity index (χ4v) is 3.86. The number of piperidine rings is 1. The van der Waals surface area contributed by atoms with Gasteiger partial charge in [0.25, 0.3) is 0 Å². The van der Waals surface area contributed by atoms with E-state index in [2.05, 4.69) is 10.2 Å². The van der Waals surface area contributed by atoms with Crippen molar-refractivity contribution in [2.75, 3.05) is 12.3 Å². The number of thioether (sulfide) groups is 1. The van der Waals surface area contributed by atoms with Crippen molar-refractivity contribution in [3.63, 3.8) is 0 Å². The van der Waals surface area contributed by atoms with E-state index in [4.69, 9.17) is 17.3 Å². The van der Waals surface area contributed by atoms with E-state index in [9.17, 15) is 9.59 Å². The number of nitrogens with zero attached hydrogens (tertiary/aromatic N) is 4. The minimum absolute atomic E-state index is 0.117. The van der Waals surface area contributed by atoms with Crippen molar-refractivity contribution in [3.8, 4) is 5.69 Å². The molecule has 1 aromatic heterocycles. The molecule has 9 heteroatoms. The van der Waals surface area contributed by atoms with E-state index in [0.29, 0.717) is 23.1 Å². The number of hydrogen-bond donors (Lipinski definition) is 1. The number of aromatic nitrogens is 3. The van der Waals surface area contributed by atoms with Crippen LogP contribution in [-0.4, -0.2) is 49.8 Å². The summed E-state index contributed by atoms with van der Waals surface area (Å²) in [5.41, 5.74) is 6.24. The van der Waals surface area contributed by atoms with E-state index in [-0.39, 0.29) is 11.7 Å². The Morgan fingerprint density at radius 1 is 1.36 bits per heavy atom. The standard InChI is InChI=1S/C16H18ClN5O2S/c17-11-4-3-5-12(8-11)22-10-19-20-16(22)25-9-14(23)21-7-2-1-6-13(21)15(18)24/h3-5,8,10,13H,1-2,6-7,9H2,(H2,18,24)/t13-/m1/s1. The average molecular weight is 380 g/mol. The molecule has 2 heterocycles. The molecule has 2 N–H and O–H groups in total. The second kappa shape index (κ2) is 7.88. The van der Waals surface area contributed by atoms with Crippen LogP contribution in [-0.2, 0) is 9.59 Å². The van der Waals surface area contributed by atoms with E-state index >= 15 is 0 Å². The molecule has 2 amide bonds. The average Bonchev–Trinajstić information content (AvgIpc) is 3.08. The van der Waals surface area contributed by atoms with E-state index in [1.165, 1.54) is 11.8 Å². The molecule has 1 atom stereocenters. The van der Waals surface area contributed by atoms with Gasteiger partial charge in [-0.15, -0.1) is 10.2 Å². The van der Waals surface area contributed by atoms with Gasteiger partial charge in [-0.3, -0.25) is 14.2 Å². The molecule has 1 aliphatic heterocycles. The van der Waals surface area contributed by atoms with E-state index in [1.54, 1.807) is 27.9 Å². The summed E-state index contributed by atoms with van der Waals surface area (Å²) >= 11 is 7.30. The van der Waals surface area contributed by atoms with Gasteiger partial charge in [-0.25, -0.2) is 0 Å². The second-order valence-corrected chi connectivity index (χ2v) is 7.13. The topological polar surface area (TPSA) is 94.1 Å². The van der Waals surface area contributed by atoms with Crippen molar-refractivity contribution in [1.82, 2.24) is 19.7 Å². The molecular formula is C16H18ClN5O2S. The van der Waals surface area contributed by atoms with Crippen molar-refractivity contribution in [2.24, 2.45) is 5.73 Å². The minimum atomic E-state index is -0.507. The molecule has 1 aliphatic rings. The zero-order valence-corrected chi connectivity index (χ0v) is 15.0. The largest absolute Gasteiger partial charge is 0.368 e. The summed E-state index contributed by atoms with van der Waals surface area (Å²) < 4.78 is 1.77. The third-order valence-electron chi connectivity index (χ3n) is 4.08. The van der Waals surface area contributed by atoms with Gasteiger partial charge in [0.15, 0.2) is 5.16 Å². The molecule has 0 unspecified atom stereocenters. The Bertz CT molecular complexity index is 781. The van der Waals surface area contributed by atoms with Crippen molar-refractivity contribution >= 4 is 35.2 Å². The van der Waals surface area contributed by atoms with Crippen LogP contribution in [0.4, 0.5) is 0 Å². The van der Waals surface area contributed by atoms with Crippen molar-refractivity contribution in [2.45, 2.75) is 30.5 Å².